The Labute approximate surface area is 144 Å². The van der Waals surface area contributed by atoms with Gasteiger partial charge in [-0.25, -0.2) is 9.59 Å². The molecule has 130 valence electrons. The monoisotopic (exact) mass is 342 g/mol. The van der Waals surface area contributed by atoms with E-state index in [0.717, 1.165) is 10.8 Å². The molecule has 3 amide bonds. The molecule has 2 aromatic rings. The first-order chi connectivity index (χ1) is 12.1. The lowest BCUT2D eigenvalue weighted by molar-refractivity contribution is -0.150. The molecule has 0 bridgehead atoms. The number of fused-ring (bicyclic) bond motifs is 1. The van der Waals surface area contributed by atoms with Crippen molar-refractivity contribution in [3.63, 3.8) is 0 Å². The number of esters is 1. The van der Waals surface area contributed by atoms with Crippen LogP contribution in [0.3, 0.4) is 0 Å². The van der Waals surface area contributed by atoms with E-state index in [9.17, 15) is 14.4 Å². The van der Waals surface area contributed by atoms with Gasteiger partial charge < -0.3 is 14.8 Å². The predicted molar refractivity (Wildman–Crippen MR) is 92.1 cm³/mol. The molecule has 0 saturated heterocycles. The Morgan fingerprint density at radius 1 is 1.04 bits per heavy atom. The normalized spacial score (nSPS) is 9.92. The van der Waals surface area contributed by atoms with Crippen molar-refractivity contribution in [3.05, 3.63) is 55.1 Å². The van der Waals surface area contributed by atoms with E-state index < -0.39 is 24.5 Å². The topological polar surface area (TPSA) is 93.7 Å². The van der Waals surface area contributed by atoms with Gasteiger partial charge in [-0.3, -0.25) is 10.1 Å². The van der Waals surface area contributed by atoms with Crippen molar-refractivity contribution >= 4 is 28.7 Å². The molecule has 0 radical (unpaired) electrons. The van der Waals surface area contributed by atoms with Crippen LogP contribution in [0, 0.1) is 0 Å². The highest BCUT2D eigenvalue weighted by atomic mass is 16.6. The Morgan fingerprint density at radius 2 is 1.80 bits per heavy atom. The van der Waals surface area contributed by atoms with E-state index in [1.165, 1.54) is 6.08 Å². The van der Waals surface area contributed by atoms with Crippen LogP contribution in [0.15, 0.2) is 55.1 Å². The van der Waals surface area contributed by atoms with Crippen molar-refractivity contribution in [2.24, 2.45) is 0 Å². The number of benzene rings is 2. The Bertz CT molecular complexity index is 783. The lowest BCUT2D eigenvalue weighted by Crippen LogP contribution is -2.41. The minimum absolute atomic E-state index is 0.220. The van der Waals surface area contributed by atoms with Gasteiger partial charge in [-0.15, -0.1) is 6.58 Å². The Kier molecular flexibility index (Phi) is 6.53. The fourth-order valence-electron chi connectivity index (χ4n) is 2.02. The Morgan fingerprint density at radius 3 is 2.60 bits per heavy atom. The summed E-state index contributed by atoms with van der Waals surface area (Å²) in [5.41, 5.74) is 0. The van der Waals surface area contributed by atoms with Gasteiger partial charge in [-0.2, -0.15) is 0 Å². The van der Waals surface area contributed by atoms with Crippen LogP contribution < -0.4 is 15.4 Å². The first-order valence-electron chi connectivity index (χ1n) is 7.55. The summed E-state index contributed by atoms with van der Waals surface area (Å²) in [5, 5.41) is 6.23. The van der Waals surface area contributed by atoms with E-state index >= 15 is 0 Å². The van der Waals surface area contributed by atoms with Crippen molar-refractivity contribution in [2.45, 2.75) is 0 Å². The van der Waals surface area contributed by atoms with E-state index in [2.05, 4.69) is 11.9 Å². The third-order valence-corrected chi connectivity index (χ3v) is 3.12. The summed E-state index contributed by atoms with van der Waals surface area (Å²) >= 11 is 0. The number of rotatable bonds is 7. The summed E-state index contributed by atoms with van der Waals surface area (Å²) in [6.45, 7) is 2.73. The average molecular weight is 342 g/mol. The highest BCUT2D eigenvalue weighted by Gasteiger charge is 2.11. The number of amides is 3. The lowest BCUT2D eigenvalue weighted by atomic mass is 10.1. The minimum atomic E-state index is -0.736. The molecule has 25 heavy (non-hydrogen) atoms. The first kappa shape index (κ1) is 18.0. The van der Waals surface area contributed by atoms with Gasteiger partial charge in [0.2, 0.25) is 0 Å². The van der Waals surface area contributed by atoms with Crippen molar-refractivity contribution in [3.8, 4) is 5.75 Å². The summed E-state index contributed by atoms with van der Waals surface area (Å²) in [7, 11) is 0. The number of hydrogen-bond donors (Lipinski definition) is 2. The summed E-state index contributed by atoms with van der Waals surface area (Å²) in [4.78, 5) is 34.4. The zero-order chi connectivity index (χ0) is 18.1. The summed E-state index contributed by atoms with van der Waals surface area (Å²) in [6, 6.07) is 12.4. The molecule has 2 aromatic carbocycles. The quantitative estimate of drug-likeness (QED) is 0.591. The second-order valence-corrected chi connectivity index (χ2v) is 4.97. The van der Waals surface area contributed by atoms with Crippen LogP contribution in [-0.2, 0) is 14.3 Å². The van der Waals surface area contributed by atoms with Gasteiger partial charge >= 0.3 is 12.0 Å². The zero-order valence-corrected chi connectivity index (χ0v) is 13.5. The number of nitrogens with one attached hydrogen (secondary N) is 2. The standard InChI is InChI=1S/C18H18N2O5/c1-2-10-19-18(23)20-16(21)11-25-17(22)12-24-15-9-5-7-13-6-3-4-8-14(13)15/h2-9H,1,10-12H2,(H2,19,20,21,23). The summed E-state index contributed by atoms with van der Waals surface area (Å²) < 4.78 is 10.2. The van der Waals surface area contributed by atoms with Crippen molar-refractivity contribution < 1.29 is 23.9 Å². The molecule has 0 atom stereocenters. The van der Waals surface area contributed by atoms with E-state index in [1.807, 2.05) is 41.7 Å². The third kappa shape index (κ3) is 5.65. The first-order valence-corrected chi connectivity index (χ1v) is 7.55. The van der Waals surface area contributed by atoms with E-state index in [4.69, 9.17) is 9.47 Å². The maximum absolute atomic E-state index is 11.7. The lowest BCUT2D eigenvalue weighted by Gasteiger charge is -2.09. The second-order valence-electron chi connectivity index (χ2n) is 4.97. The highest BCUT2D eigenvalue weighted by Crippen LogP contribution is 2.24. The van der Waals surface area contributed by atoms with Gasteiger partial charge in [0.1, 0.15) is 5.75 Å². The third-order valence-electron chi connectivity index (χ3n) is 3.12. The fraction of sp³-hybridized carbons (Fsp3) is 0.167. The summed E-state index contributed by atoms with van der Waals surface area (Å²) in [6.07, 6.45) is 1.47. The Hall–Kier alpha value is -3.35. The van der Waals surface area contributed by atoms with Gasteiger partial charge in [0.25, 0.3) is 5.91 Å². The minimum Gasteiger partial charge on any atom is -0.481 e. The maximum atomic E-state index is 11.7. The second kappa shape index (κ2) is 9.07. The number of urea groups is 1. The molecule has 0 heterocycles. The van der Waals surface area contributed by atoms with Crippen molar-refractivity contribution in [2.75, 3.05) is 19.8 Å². The number of carbonyl (C=O) groups is 3. The molecular weight excluding hydrogens is 324 g/mol. The van der Waals surface area contributed by atoms with Gasteiger partial charge in [-0.1, -0.05) is 42.5 Å². The average Bonchev–Trinajstić information content (AvgIpc) is 2.63. The van der Waals surface area contributed by atoms with Crippen LogP contribution in [0.25, 0.3) is 10.8 Å². The smallest absolute Gasteiger partial charge is 0.344 e. The van der Waals surface area contributed by atoms with Gasteiger partial charge in [0, 0.05) is 11.9 Å². The number of carbonyl (C=O) groups excluding carboxylic acids is 3. The fourth-order valence-corrected chi connectivity index (χ4v) is 2.02. The molecule has 0 aromatic heterocycles. The largest absolute Gasteiger partial charge is 0.481 e. The molecule has 0 spiro atoms. The predicted octanol–water partition coefficient (Wildman–Crippen LogP) is 1.77. The molecule has 0 fully saturated rings. The van der Waals surface area contributed by atoms with Crippen LogP contribution in [0.5, 0.6) is 5.75 Å². The molecule has 0 aliphatic carbocycles. The maximum Gasteiger partial charge on any atom is 0.344 e. The zero-order valence-electron chi connectivity index (χ0n) is 13.5. The van der Waals surface area contributed by atoms with E-state index in [0.29, 0.717) is 5.75 Å². The van der Waals surface area contributed by atoms with Gasteiger partial charge in [0.15, 0.2) is 13.2 Å². The van der Waals surface area contributed by atoms with Crippen LogP contribution in [0.4, 0.5) is 4.79 Å². The molecule has 7 nitrogen and oxygen atoms in total. The molecule has 0 unspecified atom stereocenters. The number of imide groups is 1. The van der Waals surface area contributed by atoms with Crippen LogP contribution in [0.1, 0.15) is 0 Å². The van der Waals surface area contributed by atoms with Gasteiger partial charge in [-0.05, 0) is 11.5 Å². The van der Waals surface area contributed by atoms with Gasteiger partial charge in [0.05, 0.1) is 0 Å². The summed E-state index contributed by atoms with van der Waals surface area (Å²) in [5.74, 6) is -0.905. The molecule has 0 aliphatic rings. The van der Waals surface area contributed by atoms with Crippen LogP contribution in [0.2, 0.25) is 0 Å². The molecule has 2 N–H and O–H groups in total. The molecule has 7 heteroatoms. The van der Waals surface area contributed by atoms with Crippen LogP contribution in [-0.4, -0.2) is 37.7 Å². The van der Waals surface area contributed by atoms with Crippen molar-refractivity contribution in [1.29, 1.82) is 0 Å². The highest BCUT2D eigenvalue weighted by molar-refractivity contribution is 5.95. The SMILES string of the molecule is C=CCNC(=O)NC(=O)COC(=O)COc1cccc2ccccc12. The molecule has 0 saturated carbocycles. The molecule has 0 aliphatic heterocycles. The van der Waals surface area contributed by atoms with E-state index in [1.54, 1.807) is 6.07 Å². The number of ether oxygens (including phenoxy) is 2. The Balaban J connectivity index is 1.78. The van der Waals surface area contributed by atoms with E-state index in [-0.39, 0.29) is 13.2 Å². The van der Waals surface area contributed by atoms with Crippen molar-refractivity contribution in [1.82, 2.24) is 10.6 Å². The number of hydrogen-bond acceptors (Lipinski definition) is 5. The molecular formula is C18H18N2O5. The molecule has 2 rings (SSSR count). The van der Waals surface area contributed by atoms with Crippen LogP contribution >= 0.6 is 0 Å².